The van der Waals surface area contributed by atoms with Gasteiger partial charge in [0.1, 0.15) is 11.7 Å². The fourth-order valence-corrected chi connectivity index (χ4v) is 3.46. The SMILES string of the molecule is Cc1nc(NCc2cnn(Cc3cn(C)nc3C(F)(F)F)c2)nc2c1NC(=O)[C@H](C)N2C. The van der Waals surface area contributed by atoms with Gasteiger partial charge in [0, 0.05) is 44.2 Å². The van der Waals surface area contributed by atoms with E-state index in [2.05, 4.69) is 30.8 Å². The van der Waals surface area contributed by atoms with E-state index in [0.29, 0.717) is 29.7 Å². The highest BCUT2D eigenvalue weighted by Crippen LogP contribution is 2.32. The number of hydrogen-bond donors (Lipinski definition) is 2. The number of nitrogens with one attached hydrogen (secondary N) is 2. The van der Waals surface area contributed by atoms with Crippen molar-refractivity contribution in [2.45, 2.75) is 39.2 Å². The van der Waals surface area contributed by atoms with Gasteiger partial charge in [-0.3, -0.25) is 14.2 Å². The van der Waals surface area contributed by atoms with E-state index in [4.69, 9.17) is 0 Å². The molecule has 1 amide bonds. The number of anilines is 3. The summed E-state index contributed by atoms with van der Waals surface area (Å²) in [5.41, 5.74) is 1.06. The summed E-state index contributed by atoms with van der Waals surface area (Å²) in [5.74, 6) is 0.858. The van der Waals surface area contributed by atoms with Gasteiger partial charge in [-0.05, 0) is 13.8 Å². The lowest BCUT2D eigenvalue weighted by atomic mass is 10.2. The summed E-state index contributed by atoms with van der Waals surface area (Å²) in [6.45, 7) is 3.83. The number of rotatable bonds is 5. The van der Waals surface area contributed by atoms with Crippen LogP contribution in [0.2, 0.25) is 0 Å². The minimum absolute atomic E-state index is 0.0375. The van der Waals surface area contributed by atoms with Gasteiger partial charge in [-0.25, -0.2) is 4.98 Å². The fourth-order valence-electron chi connectivity index (χ4n) is 3.46. The standard InChI is InChI=1S/C19H22F3N9O/c1-10-14-16(30(4)11(2)17(32)26-14)27-18(25-10)23-5-12-6-24-31(7-12)9-13-8-29(3)28-15(13)19(20,21)22/h6-8,11H,5,9H2,1-4H3,(H,26,32)(H,23,25,27)/t11-/m0/s1. The lowest BCUT2D eigenvalue weighted by Gasteiger charge is -2.32. The molecule has 0 saturated carbocycles. The van der Waals surface area contributed by atoms with Crippen LogP contribution < -0.4 is 15.5 Å². The van der Waals surface area contributed by atoms with E-state index < -0.39 is 11.9 Å². The predicted octanol–water partition coefficient (Wildman–Crippen LogP) is 2.17. The van der Waals surface area contributed by atoms with E-state index in [9.17, 15) is 18.0 Å². The Balaban J connectivity index is 1.47. The Hall–Kier alpha value is -3.64. The molecule has 1 atom stereocenters. The number of halogens is 3. The van der Waals surface area contributed by atoms with Crippen LogP contribution in [-0.4, -0.2) is 48.5 Å². The van der Waals surface area contributed by atoms with Crippen molar-refractivity contribution in [2.24, 2.45) is 7.05 Å². The molecule has 170 valence electrons. The normalized spacial score (nSPS) is 16.2. The van der Waals surface area contributed by atoms with E-state index in [1.165, 1.54) is 17.9 Å². The first kappa shape index (κ1) is 21.6. The minimum Gasteiger partial charge on any atom is -0.350 e. The molecule has 0 aliphatic carbocycles. The number of likely N-dealkylation sites (N-methyl/N-ethyl adjacent to an activating group) is 1. The van der Waals surface area contributed by atoms with E-state index in [0.717, 1.165) is 10.2 Å². The van der Waals surface area contributed by atoms with Gasteiger partial charge in [-0.2, -0.15) is 28.4 Å². The van der Waals surface area contributed by atoms with Crippen LogP contribution in [-0.2, 0) is 31.1 Å². The first-order chi connectivity index (χ1) is 15.0. The molecule has 0 unspecified atom stereocenters. The van der Waals surface area contributed by atoms with Gasteiger partial charge in [0.25, 0.3) is 0 Å². The summed E-state index contributed by atoms with van der Waals surface area (Å²) in [6.07, 6.45) is 0.0263. The van der Waals surface area contributed by atoms with Gasteiger partial charge in [-0.1, -0.05) is 0 Å². The number of carbonyl (C=O) groups is 1. The molecule has 1 aliphatic heterocycles. The number of alkyl halides is 3. The lowest BCUT2D eigenvalue weighted by molar-refractivity contribution is -0.142. The van der Waals surface area contributed by atoms with Gasteiger partial charge >= 0.3 is 6.18 Å². The van der Waals surface area contributed by atoms with Crippen molar-refractivity contribution in [1.82, 2.24) is 29.5 Å². The molecule has 0 saturated heterocycles. The second-order valence-corrected chi connectivity index (χ2v) is 7.68. The second-order valence-electron chi connectivity index (χ2n) is 7.68. The van der Waals surface area contributed by atoms with E-state index in [-0.39, 0.29) is 24.1 Å². The predicted molar refractivity (Wildman–Crippen MR) is 110 cm³/mol. The van der Waals surface area contributed by atoms with Crippen molar-refractivity contribution in [3.8, 4) is 0 Å². The Morgan fingerprint density at radius 3 is 2.69 bits per heavy atom. The minimum atomic E-state index is -4.53. The Morgan fingerprint density at radius 2 is 1.97 bits per heavy atom. The molecule has 10 nitrogen and oxygen atoms in total. The second kappa shape index (κ2) is 7.80. The van der Waals surface area contributed by atoms with Crippen LogP contribution in [0.25, 0.3) is 0 Å². The number of amides is 1. The largest absolute Gasteiger partial charge is 0.435 e. The highest BCUT2D eigenvalue weighted by molar-refractivity contribution is 6.03. The Kier molecular flexibility index (Phi) is 5.26. The average molecular weight is 449 g/mol. The first-order valence-electron chi connectivity index (χ1n) is 9.80. The summed E-state index contributed by atoms with van der Waals surface area (Å²) in [6, 6.07) is -0.364. The van der Waals surface area contributed by atoms with E-state index in [1.807, 2.05) is 0 Å². The highest BCUT2D eigenvalue weighted by atomic mass is 19.4. The van der Waals surface area contributed by atoms with Crippen molar-refractivity contribution < 1.29 is 18.0 Å². The number of aromatic nitrogens is 6. The van der Waals surface area contributed by atoms with Crippen LogP contribution in [0.1, 0.15) is 29.4 Å². The molecule has 3 aromatic heterocycles. The maximum atomic E-state index is 13.1. The Labute approximate surface area is 181 Å². The zero-order chi connectivity index (χ0) is 23.2. The molecule has 0 bridgehead atoms. The van der Waals surface area contributed by atoms with Crippen LogP contribution in [0.3, 0.4) is 0 Å². The molecule has 4 rings (SSSR count). The summed E-state index contributed by atoms with van der Waals surface area (Å²) in [7, 11) is 3.23. The molecule has 13 heteroatoms. The molecule has 32 heavy (non-hydrogen) atoms. The topological polar surface area (TPSA) is 106 Å². The molecule has 0 fully saturated rings. The number of hydrogen-bond acceptors (Lipinski definition) is 7. The monoisotopic (exact) mass is 449 g/mol. The molecule has 0 spiro atoms. The van der Waals surface area contributed by atoms with Crippen LogP contribution in [0, 0.1) is 6.92 Å². The third-order valence-corrected chi connectivity index (χ3v) is 5.26. The van der Waals surface area contributed by atoms with Gasteiger partial charge < -0.3 is 15.5 Å². The Bertz CT molecular complexity index is 1170. The third-order valence-electron chi connectivity index (χ3n) is 5.26. The van der Waals surface area contributed by atoms with Crippen molar-refractivity contribution in [1.29, 1.82) is 0 Å². The molecule has 2 N–H and O–H groups in total. The zero-order valence-corrected chi connectivity index (χ0v) is 17.9. The third kappa shape index (κ3) is 4.09. The average Bonchev–Trinajstić information content (AvgIpc) is 3.31. The smallest absolute Gasteiger partial charge is 0.350 e. The molecule has 0 aromatic carbocycles. The van der Waals surface area contributed by atoms with Gasteiger partial charge in [-0.15, -0.1) is 0 Å². The summed E-state index contributed by atoms with van der Waals surface area (Å²) >= 11 is 0. The molecular formula is C19H22F3N9O. The molecular weight excluding hydrogens is 427 g/mol. The van der Waals surface area contributed by atoms with Crippen LogP contribution >= 0.6 is 0 Å². The van der Waals surface area contributed by atoms with Gasteiger partial charge in [0.2, 0.25) is 11.9 Å². The number of aryl methyl sites for hydroxylation is 2. The highest BCUT2D eigenvalue weighted by Gasteiger charge is 2.37. The van der Waals surface area contributed by atoms with E-state index in [1.54, 1.807) is 38.2 Å². The molecule has 4 heterocycles. The van der Waals surface area contributed by atoms with Crippen molar-refractivity contribution >= 4 is 23.4 Å². The zero-order valence-electron chi connectivity index (χ0n) is 17.9. The van der Waals surface area contributed by atoms with Crippen LogP contribution in [0.4, 0.5) is 30.6 Å². The van der Waals surface area contributed by atoms with Gasteiger partial charge in [0.15, 0.2) is 11.5 Å². The van der Waals surface area contributed by atoms with Crippen molar-refractivity contribution in [3.63, 3.8) is 0 Å². The summed E-state index contributed by atoms with van der Waals surface area (Å²) in [5, 5.41) is 13.6. The first-order valence-corrected chi connectivity index (χ1v) is 9.80. The maximum Gasteiger partial charge on any atom is 0.435 e. The molecule has 3 aromatic rings. The quantitative estimate of drug-likeness (QED) is 0.615. The van der Waals surface area contributed by atoms with Crippen molar-refractivity contribution in [3.05, 3.63) is 41.1 Å². The Morgan fingerprint density at radius 1 is 1.22 bits per heavy atom. The fraction of sp³-hybridized carbons (Fsp3) is 0.421. The lowest BCUT2D eigenvalue weighted by Crippen LogP contribution is -2.44. The van der Waals surface area contributed by atoms with Gasteiger partial charge in [0.05, 0.1) is 18.4 Å². The number of carbonyl (C=O) groups excluding carboxylic acids is 1. The number of fused-ring (bicyclic) bond motifs is 1. The van der Waals surface area contributed by atoms with E-state index >= 15 is 0 Å². The summed E-state index contributed by atoms with van der Waals surface area (Å²) < 4.78 is 42.0. The van der Waals surface area contributed by atoms with Crippen LogP contribution in [0.15, 0.2) is 18.6 Å². The molecule has 0 radical (unpaired) electrons. The summed E-state index contributed by atoms with van der Waals surface area (Å²) in [4.78, 5) is 22.7. The maximum absolute atomic E-state index is 13.1. The van der Waals surface area contributed by atoms with Crippen LogP contribution in [0.5, 0.6) is 0 Å². The van der Waals surface area contributed by atoms with Crippen molar-refractivity contribution in [2.75, 3.05) is 22.6 Å². The number of nitrogens with zero attached hydrogens (tertiary/aromatic N) is 7. The molecule has 1 aliphatic rings.